The number of nitrogens with one attached hydrogen (secondary N) is 1. The molecule has 3 rings (SSSR count). The van der Waals surface area contributed by atoms with Crippen LogP contribution in [0.5, 0.6) is 5.88 Å². The van der Waals surface area contributed by atoms with Crippen LogP contribution in [0.4, 0.5) is 10.7 Å². The minimum atomic E-state index is -0.0707. The van der Waals surface area contributed by atoms with Gasteiger partial charge in [0.15, 0.2) is 0 Å². The second-order valence-electron chi connectivity index (χ2n) is 6.56. The summed E-state index contributed by atoms with van der Waals surface area (Å²) < 4.78 is 5.13. The van der Waals surface area contributed by atoms with Gasteiger partial charge in [-0.2, -0.15) is 4.98 Å². The number of piperazine rings is 1. The molecular formula is C17H26N6O3. The smallest absolute Gasteiger partial charge is 0.317 e. The molecule has 0 radical (unpaired) electrons. The highest BCUT2D eigenvalue weighted by Gasteiger charge is 2.29. The third-order valence-electron chi connectivity index (χ3n) is 4.89. The van der Waals surface area contributed by atoms with Crippen molar-refractivity contribution in [3.63, 3.8) is 0 Å². The Morgan fingerprint density at radius 1 is 1.35 bits per heavy atom. The Morgan fingerprint density at radius 2 is 2.12 bits per heavy atom. The number of urea groups is 1. The van der Waals surface area contributed by atoms with Crippen molar-refractivity contribution < 1.29 is 14.3 Å². The van der Waals surface area contributed by atoms with Gasteiger partial charge in [-0.25, -0.2) is 9.78 Å². The molecule has 1 atom stereocenters. The van der Waals surface area contributed by atoms with E-state index >= 15 is 0 Å². The van der Waals surface area contributed by atoms with Gasteiger partial charge in [0.25, 0.3) is 0 Å². The van der Waals surface area contributed by atoms with Gasteiger partial charge in [0, 0.05) is 70.4 Å². The van der Waals surface area contributed by atoms with Crippen molar-refractivity contribution in [2.45, 2.75) is 13.3 Å². The quantitative estimate of drug-likeness (QED) is 0.804. The summed E-state index contributed by atoms with van der Waals surface area (Å²) >= 11 is 0. The summed E-state index contributed by atoms with van der Waals surface area (Å²) in [5, 5.41) is 2.97. The first-order valence-electron chi connectivity index (χ1n) is 9.03. The van der Waals surface area contributed by atoms with Gasteiger partial charge >= 0.3 is 6.03 Å². The summed E-state index contributed by atoms with van der Waals surface area (Å²) in [6.45, 7) is 6.55. The summed E-state index contributed by atoms with van der Waals surface area (Å²) in [7, 11) is 1.58. The zero-order chi connectivity index (χ0) is 18.5. The molecule has 2 fully saturated rings. The molecule has 0 spiro atoms. The molecule has 0 aromatic carbocycles. The third kappa shape index (κ3) is 4.14. The first kappa shape index (κ1) is 18.2. The van der Waals surface area contributed by atoms with E-state index in [2.05, 4.69) is 15.3 Å². The number of anilines is 1. The van der Waals surface area contributed by atoms with Gasteiger partial charge in [0.05, 0.1) is 7.11 Å². The summed E-state index contributed by atoms with van der Waals surface area (Å²) in [5.74, 6) is 1.53. The lowest BCUT2D eigenvalue weighted by atomic mass is 10.1. The van der Waals surface area contributed by atoms with Gasteiger partial charge in [-0.1, -0.05) is 0 Å². The molecule has 1 aromatic rings. The average molecular weight is 362 g/mol. The first-order valence-corrected chi connectivity index (χ1v) is 9.03. The third-order valence-corrected chi connectivity index (χ3v) is 4.89. The Labute approximate surface area is 153 Å². The molecule has 0 aliphatic carbocycles. The summed E-state index contributed by atoms with van der Waals surface area (Å²) in [5.41, 5.74) is 0. The Hall–Kier alpha value is -2.58. The number of methoxy groups -OCH3 is 1. The minimum absolute atomic E-state index is 0.0707. The van der Waals surface area contributed by atoms with Crippen LogP contribution >= 0.6 is 0 Å². The predicted octanol–water partition coefficient (Wildman–Crippen LogP) is 0.185. The zero-order valence-corrected chi connectivity index (χ0v) is 15.3. The van der Waals surface area contributed by atoms with Crippen LogP contribution < -0.4 is 15.0 Å². The number of nitrogens with zero attached hydrogens (tertiary/aromatic N) is 5. The molecular weight excluding hydrogens is 336 g/mol. The average Bonchev–Trinajstić information content (AvgIpc) is 3.06. The second-order valence-corrected chi connectivity index (χ2v) is 6.56. The molecule has 1 aromatic heterocycles. The van der Waals surface area contributed by atoms with Gasteiger partial charge in [-0.3, -0.25) is 4.79 Å². The summed E-state index contributed by atoms with van der Waals surface area (Å²) in [4.78, 5) is 38.4. The Kier molecular flexibility index (Phi) is 5.75. The second kappa shape index (κ2) is 8.20. The van der Waals surface area contributed by atoms with Crippen molar-refractivity contribution in [1.82, 2.24) is 25.1 Å². The normalized spacial score (nSPS) is 20.5. The van der Waals surface area contributed by atoms with Gasteiger partial charge in [0.2, 0.25) is 17.7 Å². The van der Waals surface area contributed by atoms with Crippen LogP contribution in [-0.2, 0) is 4.79 Å². The molecule has 0 saturated carbocycles. The van der Waals surface area contributed by atoms with Gasteiger partial charge in [-0.05, 0) is 6.92 Å². The van der Waals surface area contributed by atoms with Crippen LogP contribution in [0.2, 0.25) is 0 Å². The molecule has 3 amide bonds. The lowest BCUT2D eigenvalue weighted by Crippen LogP contribution is -2.52. The minimum Gasteiger partial charge on any atom is -0.481 e. The van der Waals surface area contributed by atoms with Gasteiger partial charge < -0.3 is 24.8 Å². The molecule has 9 nitrogen and oxygen atoms in total. The van der Waals surface area contributed by atoms with Crippen LogP contribution in [0, 0.1) is 5.92 Å². The number of hydrogen-bond donors (Lipinski definition) is 1. The lowest BCUT2D eigenvalue weighted by molar-refractivity contribution is -0.127. The van der Waals surface area contributed by atoms with Gasteiger partial charge in [-0.15, -0.1) is 0 Å². The largest absolute Gasteiger partial charge is 0.481 e. The molecule has 2 aliphatic rings. The van der Waals surface area contributed by atoms with E-state index < -0.39 is 0 Å². The summed E-state index contributed by atoms with van der Waals surface area (Å²) in [6, 6.07) is 1.64. The van der Waals surface area contributed by atoms with E-state index in [0.29, 0.717) is 51.0 Å². The fourth-order valence-corrected chi connectivity index (χ4v) is 3.35. The number of hydrogen-bond acceptors (Lipinski definition) is 6. The molecule has 9 heteroatoms. The van der Waals surface area contributed by atoms with E-state index in [4.69, 9.17) is 4.74 Å². The molecule has 2 saturated heterocycles. The van der Waals surface area contributed by atoms with E-state index in [1.165, 1.54) is 0 Å². The Morgan fingerprint density at radius 3 is 2.77 bits per heavy atom. The van der Waals surface area contributed by atoms with E-state index in [1.807, 2.05) is 16.7 Å². The maximum atomic E-state index is 12.4. The van der Waals surface area contributed by atoms with Crippen LogP contribution in [0.1, 0.15) is 13.3 Å². The first-order chi connectivity index (χ1) is 12.6. The monoisotopic (exact) mass is 362 g/mol. The molecule has 3 heterocycles. The Balaban J connectivity index is 1.44. The molecule has 26 heavy (non-hydrogen) atoms. The van der Waals surface area contributed by atoms with E-state index in [9.17, 15) is 9.59 Å². The topological polar surface area (TPSA) is 90.9 Å². The zero-order valence-electron chi connectivity index (χ0n) is 15.3. The maximum Gasteiger partial charge on any atom is 0.317 e. The molecule has 142 valence electrons. The van der Waals surface area contributed by atoms with Crippen molar-refractivity contribution in [2.24, 2.45) is 5.92 Å². The number of amides is 3. The lowest BCUT2D eigenvalue weighted by Gasteiger charge is -2.34. The fourth-order valence-electron chi connectivity index (χ4n) is 3.35. The molecule has 2 aliphatic heterocycles. The maximum absolute atomic E-state index is 12.4. The predicted molar refractivity (Wildman–Crippen MR) is 96.1 cm³/mol. The van der Waals surface area contributed by atoms with Gasteiger partial charge in [0.1, 0.15) is 0 Å². The number of rotatable bonds is 5. The standard InChI is InChI=1S/C17H26N6O3/c1-3-21-12-13(10-15(21)24)11-19-17(25)23-8-6-22(7-9-23)16-18-5-4-14(20-16)26-2/h4-5,13H,3,6-12H2,1-2H3,(H,19,25)/t13-/m0/s1. The van der Waals surface area contributed by atoms with Crippen molar-refractivity contribution >= 4 is 17.9 Å². The number of carbonyl (C=O) groups is 2. The fraction of sp³-hybridized carbons (Fsp3) is 0.647. The van der Waals surface area contributed by atoms with Crippen LogP contribution in [0.3, 0.4) is 0 Å². The van der Waals surface area contributed by atoms with Crippen molar-refractivity contribution in [2.75, 3.05) is 57.8 Å². The highest BCUT2D eigenvalue weighted by molar-refractivity contribution is 5.79. The van der Waals surface area contributed by atoms with Crippen molar-refractivity contribution in [3.05, 3.63) is 12.3 Å². The van der Waals surface area contributed by atoms with Crippen molar-refractivity contribution in [1.29, 1.82) is 0 Å². The van der Waals surface area contributed by atoms with Crippen LogP contribution in [0.15, 0.2) is 12.3 Å². The SMILES string of the molecule is CCN1C[C@H](CNC(=O)N2CCN(c3nccc(OC)n3)CC2)CC1=O. The highest BCUT2D eigenvalue weighted by Crippen LogP contribution is 2.17. The number of carbonyl (C=O) groups excluding carboxylic acids is 2. The van der Waals surface area contributed by atoms with E-state index in [0.717, 1.165) is 13.1 Å². The van der Waals surface area contributed by atoms with Crippen LogP contribution in [-0.4, -0.2) is 84.6 Å². The number of ether oxygens (including phenoxy) is 1. The van der Waals surface area contributed by atoms with E-state index in [1.54, 1.807) is 24.3 Å². The molecule has 0 unspecified atom stereocenters. The van der Waals surface area contributed by atoms with Crippen LogP contribution in [0.25, 0.3) is 0 Å². The number of likely N-dealkylation sites (tertiary alicyclic amines) is 1. The highest BCUT2D eigenvalue weighted by atomic mass is 16.5. The van der Waals surface area contributed by atoms with E-state index in [-0.39, 0.29) is 17.9 Å². The molecule has 0 bridgehead atoms. The van der Waals surface area contributed by atoms with Crippen molar-refractivity contribution in [3.8, 4) is 5.88 Å². The number of aromatic nitrogens is 2. The molecule has 1 N–H and O–H groups in total. The Bertz CT molecular complexity index is 647. The summed E-state index contributed by atoms with van der Waals surface area (Å²) in [6.07, 6.45) is 2.19.